The summed E-state index contributed by atoms with van der Waals surface area (Å²) in [5.41, 5.74) is 0. The molecule has 1 rings (SSSR count). The number of hydrogen-bond donors (Lipinski definition) is 3. The van der Waals surface area contributed by atoms with Gasteiger partial charge in [0.1, 0.15) is 18.2 Å². The Morgan fingerprint density at radius 3 is 2.72 bits per heavy atom. The highest BCUT2D eigenvalue weighted by molar-refractivity contribution is 5.47. The van der Waals surface area contributed by atoms with Crippen molar-refractivity contribution < 1.29 is 9.84 Å². The standard InChI is InChI=1S/C12H22N4O2/c1-3-18-9-12-15-10(13-2)8-11(16-12)14-6-4-5-7-17/h8,17H,3-7,9H2,1-2H3,(H2,13,14,15,16). The zero-order chi connectivity index (χ0) is 13.2. The first kappa shape index (κ1) is 14.7. The Bertz CT molecular complexity index is 347. The molecule has 3 N–H and O–H groups in total. The molecule has 102 valence electrons. The maximum atomic E-state index is 8.71. The monoisotopic (exact) mass is 254 g/mol. The third kappa shape index (κ3) is 5.29. The zero-order valence-electron chi connectivity index (χ0n) is 11.1. The van der Waals surface area contributed by atoms with Gasteiger partial charge < -0.3 is 20.5 Å². The highest BCUT2D eigenvalue weighted by Gasteiger charge is 2.03. The predicted molar refractivity (Wildman–Crippen MR) is 71.7 cm³/mol. The molecule has 0 amide bonds. The molecule has 0 aliphatic heterocycles. The van der Waals surface area contributed by atoms with Gasteiger partial charge in [0.05, 0.1) is 0 Å². The van der Waals surface area contributed by atoms with E-state index in [-0.39, 0.29) is 6.61 Å². The third-order valence-electron chi connectivity index (χ3n) is 2.35. The van der Waals surface area contributed by atoms with Crippen molar-refractivity contribution in [1.82, 2.24) is 9.97 Å². The van der Waals surface area contributed by atoms with Gasteiger partial charge in [-0.3, -0.25) is 0 Å². The number of hydrogen-bond acceptors (Lipinski definition) is 6. The number of nitrogens with one attached hydrogen (secondary N) is 2. The second-order valence-electron chi connectivity index (χ2n) is 3.80. The molecule has 0 aliphatic rings. The Balaban J connectivity index is 2.58. The van der Waals surface area contributed by atoms with Crippen LogP contribution in [0.15, 0.2) is 6.07 Å². The quantitative estimate of drug-likeness (QED) is 0.575. The Morgan fingerprint density at radius 2 is 2.06 bits per heavy atom. The Labute approximate surface area is 108 Å². The minimum absolute atomic E-state index is 0.225. The lowest BCUT2D eigenvalue weighted by Crippen LogP contribution is -2.09. The molecule has 1 heterocycles. The molecule has 6 nitrogen and oxygen atoms in total. The first-order valence-corrected chi connectivity index (χ1v) is 6.28. The number of ether oxygens (including phenoxy) is 1. The lowest BCUT2D eigenvalue weighted by atomic mass is 10.3. The summed E-state index contributed by atoms with van der Waals surface area (Å²) in [7, 11) is 1.82. The molecule has 0 bridgehead atoms. The fraction of sp³-hybridized carbons (Fsp3) is 0.667. The van der Waals surface area contributed by atoms with Gasteiger partial charge in [-0.05, 0) is 19.8 Å². The number of aromatic nitrogens is 2. The summed E-state index contributed by atoms with van der Waals surface area (Å²) >= 11 is 0. The summed E-state index contributed by atoms with van der Waals surface area (Å²) in [6, 6.07) is 1.86. The van der Waals surface area contributed by atoms with E-state index in [0.29, 0.717) is 19.0 Å². The first-order valence-electron chi connectivity index (χ1n) is 6.28. The second kappa shape index (κ2) is 8.66. The normalized spacial score (nSPS) is 10.4. The van der Waals surface area contributed by atoms with Crippen LogP contribution >= 0.6 is 0 Å². The van der Waals surface area contributed by atoms with Crippen LogP contribution in [0.25, 0.3) is 0 Å². The van der Waals surface area contributed by atoms with E-state index in [1.54, 1.807) is 0 Å². The highest BCUT2D eigenvalue weighted by Crippen LogP contribution is 2.11. The van der Waals surface area contributed by atoms with Crippen LogP contribution in [0, 0.1) is 0 Å². The summed E-state index contributed by atoms with van der Waals surface area (Å²) in [5, 5.41) is 14.9. The van der Waals surface area contributed by atoms with Crippen LogP contribution in [0.5, 0.6) is 0 Å². The van der Waals surface area contributed by atoms with Crippen molar-refractivity contribution in [3.8, 4) is 0 Å². The summed E-state index contributed by atoms with van der Waals surface area (Å²) < 4.78 is 5.30. The molecule has 0 fully saturated rings. The molecule has 0 unspecified atom stereocenters. The van der Waals surface area contributed by atoms with Gasteiger partial charge >= 0.3 is 0 Å². The van der Waals surface area contributed by atoms with Crippen LogP contribution in [0.4, 0.5) is 11.6 Å². The molecule has 18 heavy (non-hydrogen) atoms. The molecule has 0 saturated carbocycles. The molecule has 0 radical (unpaired) electrons. The number of unbranched alkanes of at least 4 members (excludes halogenated alkanes) is 1. The van der Waals surface area contributed by atoms with Gasteiger partial charge in [-0.25, -0.2) is 9.97 Å². The Hall–Kier alpha value is -1.40. The SMILES string of the molecule is CCOCc1nc(NC)cc(NCCCCO)n1. The maximum Gasteiger partial charge on any atom is 0.158 e. The van der Waals surface area contributed by atoms with Crippen LogP contribution in [0.3, 0.4) is 0 Å². The average molecular weight is 254 g/mol. The highest BCUT2D eigenvalue weighted by atomic mass is 16.5. The third-order valence-corrected chi connectivity index (χ3v) is 2.35. The van der Waals surface area contributed by atoms with Crippen molar-refractivity contribution in [1.29, 1.82) is 0 Å². The molecular weight excluding hydrogens is 232 g/mol. The van der Waals surface area contributed by atoms with E-state index in [0.717, 1.165) is 31.0 Å². The van der Waals surface area contributed by atoms with Crippen molar-refractivity contribution >= 4 is 11.6 Å². The fourth-order valence-electron chi connectivity index (χ4n) is 1.43. The molecule has 1 aromatic rings. The van der Waals surface area contributed by atoms with Crippen LogP contribution in [-0.2, 0) is 11.3 Å². The first-order chi connectivity index (χ1) is 8.80. The molecule has 0 aliphatic carbocycles. The van der Waals surface area contributed by atoms with Crippen LogP contribution in [0.2, 0.25) is 0 Å². The number of rotatable bonds is 9. The number of anilines is 2. The Morgan fingerprint density at radius 1 is 1.28 bits per heavy atom. The summed E-state index contributed by atoms with van der Waals surface area (Å²) in [4.78, 5) is 8.67. The second-order valence-corrected chi connectivity index (χ2v) is 3.80. The lowest BCUT2D eigenvalue weighted by Gasteiger charge is -2.09. The summed E-state index contributed by atoms with van der Waals surface area (Å²) in [6.07, 6.45) is 1.71. The Kier molecular flexibility index (Phi) is 7.05. The number of nitrogens with zero attached hydrogens (tertiary/aromatic N) is 2. The number of aliphatic hydroxyl groups excluding tert-OH is 1. The topological polar surface area (TPSA) is 79.3 Å². The summed E-state index contributed by atoms with van der Waals surface area (Å²) in [5.74, 6) is 2.21. The maximum absolute atomic E-state index is 8.71. The molecule has 6 heteroatoms. The molecule has 0 aromatic carbocycles. The minimum Gasteiger partial charge on any atom is -0.396 e. The van der Waals surface area contributed by atoms with Gasteiger partial charge in [0, 0.05) is 32.9 Å². The smallest absolute Gasteiger partial charge is 0.158 e. The number of aliphatic hydroxyl groups is 1. The van der Waals surface area contributed by atoms with E-state index < -0.39 is 0 Å². The van der Waals surface area contributed by atoms with Crippen molar-refractivity contribution in [2.24, 2.45) is 0 Å². The fourth-order valence-corrected chi connectivity index (χ4v) is 1.43. The molecular formula is C12H22N4O2. The van der Waals surface area contributed by atoms with E-state index in [1.165, 1.54) is 0 Å². The van der Waals surface area contributed by atoms with Crippen molar-refractivity contribution in [2.75, 3.05) is 37.4 Å². The van der Waals surface area contributed by atoms with Gasteiger partial charge in [-0.15, -0.1) is 0 Å². The van der Waals surface area contributed by atoms with Gasteiger partial charge in [-0.2, -0.15) is 0 Å². The zero-order valence-corrected chi connectivity index (χ0v) is 11.1. The van der Waals surface area contributed by atoms with Crippen LogP contribution in [0.1, 0.15) is 25.6 Å². The van der Waals surface area contributed by atoms with Gasteiger partial charge in [0.25, 0.3) is 0 Å². The lowest BCUT2D eigenvalue weighted by molar-refractivity contribution is 0.128. The molecule has 1 aromatic heterocycles. The van der Waals surface area contributed by atoms with E-state index >= 15 is 0 Å². The van der Waals surface area contributed by atoms with Crippen molar-refractivity contribution in [2.45, 2.75) is 26.4 Å². The van der Waals surface area contributed by atoms with Crippen molar-refractivity contribution in [3.05, 3.63) is 11.9 Å². The summed E-state index contributed by atoms with van der Waals surface area (Å²) in [6.45, 7) is 4.01. The molecule has 0 spiro atoms. The average Bonchev–Trinajstić information content (AvgIpc) is 2.41. The van der Waals surface area contributed by atoms with Crippen LogP contribution in [-0.4, -0.2) is 41.9 Å². The van der Waals surface area contributed by atoms with Gasteiger partial charge in [0.15, 0.2) is 5.82 Å². The molecule has 0 saturated heterocycles. The van der Waals surface area contributed by atoms with Crippen molar-refractivity contribution in [3.63, 3.8) is 0 Å². The van der Waals surface area contributed by atoms with E-state index in [9.17, 15) is 0 Å². The van der Waals surface area contributed by atoms with Gasteiger partial charge in [-0.1, -0.05) is 0 Å². The largest absolute Gasteiger partial charge is 0.396 e. The van der Waals surface area contributed by atoms with Gasteiger partial charge in [0.2, 0.25) is 0 Å². The predicted octanol–water partition coefficient (Wildman–Crippen LogP) is 1.24. The van der Waals surface area contributed by atoms with Crippen LogP contribution < -0.4 is 10.6 Å². The van der Waals surface area contributed by atoms with E-state index in [4.69, 9.17) is 9.84 Å². The van der Waals surface area contributed by atoms with E-state index in [1.807, 2.05) is 20.0 Å². The minimum atomic E-state index is 0.225. The van der Waals surface area contributed by atoms with E-state index in [2.05, 4.69) is 20.6 Å². The molecule has 0 atom stereocenters.